The molecule has 0 bridgehead atoms. The molecule has 0 spiro atoms. The molecular formula is C20H25N5O3. The summed E-state index contributed by atoms with van der Waals surface area (Å²) in [6.07, 6.45) is 3.54. The number of hydrogen-bond donors (Lipinski definition) is 0. The van der Waals surface area contributed by atoms with Crippen molar-refractivity contribution in [1.29, 1.82) is 0 Å². The van der Waals surface area contributed by atoms with E-state index >= 15 is 0 Å². The van der Waals surface area contributed by atoms with Gasteiger partial charge in [-0.15, -0.1) is 0 Å². The van der Waals surface area contributed by atoms with Crippen LogP contribution in [0.1, 0.15) is 22.8 Å². The van der Waals surface area contributed by atoms with Crippen LogP contribution in [0.15, 0.2) is 42.7 Å². The van der Waals surface area contributed by atoms with Crippen molar-refractivity contribution >= 4 is 17.7 Å². The van der Waals surface area contributed by atoms with Crippen LogP contribution in [0.2, 0.25) is 0 Å². The Morgan fingerprint density at radius 1 is 1.14 bits per heavy atom. The molecule has 0 unspecified atom stereocenters. The first-order valence-electron chi connectivity index (χ1n) is 9.21. The Labute approximate surface area is 164 Å². The summed E-state index contributed by atoms with van der Waals surface area (Å²) in [5.41, 5.74) is 1.45. The molecule has 1 aliphatic heterocycles. The molecular weight excluding hydrogens is 358 g/mol. The van der Waals surface area contributed by atoms with E-state index in [2.05, 4.69) is 5.10 Å². The zero-order valence-electron chi connectivity index (χ0n) is 16.4. The molecule has 3 rings (SSSR count). The summed E-state index contributed by atoms with van der Waals surface area (Å²) in [5.74, 6) is -0.480. The minimum Gasteiger partial charge on any atom is -0.347 e. The zero-order chi connectivity index (χ0) is 20.3. The molecule has 8 nitrogen and oxygen atoms in total. The first-order chi connectivity index (χ1) is 13.4. The quantitative estimate of drug-likeness (QED) is 0.778. The average molecular weight is 383 g/mol. The number of carbonyl (C=O) groups excluding carboxylic acids is 3. The van der Waals surface area contributed by atoms with E-state index in [1.54, 1.807) is 40.8 Å². The van der Waals surface area contributed by atoms with Gasteiger partial charge in [-0.2, -0.15) is 5.10 Å². The van der Waals surface area contributed by atoms with Gasteiger partial charge >= 0.3 is 0 Å². The third-order valence-electron chi connectivity index (χ3n) is 4.94. The van der Waals surface area contributed by atoms with Crippen LogP contribution in [-0.2, 0) is 16.1 Å². The Kier molecular flexibility index (Phi) is 5.77. The molecule has 2 aromatic rings. The number of piperazine rings is 1. The Hall–Kier alpha value is -3.16. The number of aromatic nitrogens is 2. The van der Waals surface area contributed by atoms with Gasteiger partial charge in [0.2, 0.25) is 11.8 Å². The van der Waals surface area contributed by atoms with E-state index in [1.807, 2.05) is 30.5 Å². The third-order valence-corrected chi connectivity index (χ3v) is 4.94. The van der Waals surface area contributed by atoms with Gasteiger partial charge in [0.1, 0.15) is 6.04 Å². The molecule has 1 aliphatic rings. The fraction of sp³-hybridized carbons (Fsp3) is 0.400. The number of nitrogens with zero attached hydrogens (tertiary/aromatic N) is 5. The molecule has 0 radical (unpaired) electrons. The topological polar surface area (TPSA) is 78.8 Å². The summed E-state index contributed by atoms with van der Waals surface area (Å²) in [4.78, 5) is 42.4. The van der Waals surface area contributed by atoms with Gasteiger partial charge in [0.25, 0.3) is 5.91 Å². The summed E-state index contributed by atoms with van der Waals surface area (Å²) in [5, 5.41) is 4.21. The monoisotopic (exact) mass is 383 g/mol. The maximum absolute atomic E-state index is 13.2. The average Bonchev–Trinajstić information content (AvgIpc) is 3.19. The minimum absolute atomic E-state index is 0.137. The number of amides is 3. The highest BCUT2D eigenvalue weighted by Gasteiger charge is 2.37. The van der Waals surface area contributed by atoms with Crippen molar-refractivity contribution in [3.05, 3.63) is 53.9 Å². The molecule has 28 heavy (non-hydrogen) atoms. The van der Waals surface area contributed by atoms with Crippen molar-refractivity contribution in [3.8, 4) is 0 Å². The lowest BCUT2D eigenvalue weighted by Crippen LogP contribution is -2.61. The lowest BCUT2D eigenvalue weighted by atomic mass is 10.0. The fourth-order valence-electron chi connectivity index (χ4n) is 3.46. The van der Waals surface area contributed by atoms with E-state index in [9.17, 15) is 14.4 Å². The van der Waals surface area contributed by atoms with Crippen molar-refractivity contribution in [3.63, 3.8) is 0 Å². The zero-order valence-corrected chi connectivity index (χ0v) is 16.4. The van der Waals surface area contributed by atoms with Crippen LogP contribution < -0.4 is 0 Å². The molecule has 0 aliphatic carbocycles. The smallest absolute Gasteiger partial charge is 0.254 e. The predicted octanol–water partition coefficient (Wildman–Crippen LogP) is 0.693. The maximum Gasteiger partial charge on any atom is 0.254 e. The normalized spacial score (nSPS) is 16.8. The van der Waals surface area contributed by atoms with E-state index in [1.165, 1.54) is 11.8 Å². The molecule has 3 amide bonds. The van der Waals surface area contributed by atoms with E-state index in [-0.39, 0.29) is 24.3 Å². The van der Waals surface area contributed by atoms with Crippen LogP contribution in [0.25, 0.3) is 0 Å². The molecule has 1 aromatic carbocycles. The van der Waals surface area contributed by atoms with E-state index in [0.717, 1.165) is 5.56 Å². The van der Waals surface area contributed by atoms with Crippen LogP contribution in [0.4, 0.5) is 0 Å². The second-order valence-corrected chi connectivity index (χ2v) is 7.07. The fourth-order valence-corrected chi connectivity index (χ4v) is 3.46. The highest BCUT2D eigenvalue weighted by atomic mass is 16.2. The Bertz CT molecular complexity index is 862. The Morgan fingerprint density at radius 3 is 2.54 bits per heavy atom. The van der Waals surface area contributed by atoms with Crippen molar-refractivity contribution in [2.75, 3.05) is 33.7 Å². The van der Waals surface area contributed by atoms with Gasteiger partial charge in [-0.25, -0.2) is 0 Å². The molecule has 0 saturated carbocycles. The van der Waals surface area contributed by atoms with Gasteiger partial charge in [0, 0.05) is 52.1 Å². The van der Waals surface area contributed by atoms with E-state index in [4.69, 9.17) is 0 Å². The maximum atomic E-state index is 13.2. The highest BCUT2D eigenvalue weighted by Crippen LogP contribution is 2.18. The summed E-state index contributed by atoms with van der Waals surface area (Å²) >= 11 is 0. The first kappa shape index (κ1) is 19.6. The van der Waals surface area contributed by atoms with Crippen molar-refractivity contribution in [2.24, 2.45) is 0 Å². The second-order valence-electron chi connectivity index (χ2n) is 7.07. The molecule has 1 atom stereocenters. The van der Waals surface area contributed by atoms with Crippen LogP contribution in [0, 0.1) is 0 Å². The third kappa shape index (κ3) is 4.05. The Morgan fingerprint density at radius 2 is 1.89 bits per heavy atom. The predicted molar refractivity (Wildman–Crippen MR) is 104 cm³/mol. The molecule has 8 heteroatoms. The lowest BCUT2D eigenvalue weighted by molar-refractivity contribution is -0.146. The minimum atomic E-state index is -0.663. The van der Waals surface area contributed by atoms with Crippen LogP contribution in [0.3, 0.4) is 0 Å². The van der Waals surface area contributed by atoms with Crippen LogP contribution in [0.5, 0.6) is 0 Å². The van der Waals surface area contributed by atoms with Gasteiger partial charge in [-0.05, 0) is 17.7 Å². The van der Waals surface area contributed by atoms with Crippen molar-refractivity contribution < 1.29 is 14.4 Å². The van der Waals surface area contributed by atoms with E-state index in [0.29, 0.717) is 25.2 Å². The largest absolute Gasteiger partial charge is 0.347 e. The van der Waals surface area contributed by atoms with Gasteiger partial charge in [-0.1, -0.05) is 18.2 Å². The summed E-state index contributed by atoms with van der Waals surface area (Å²) < 4.78 is 1.76. The Balaban J connectivity index is 1.83. The lowest BCUT2D eigenvalue weighted by Gasteiger charge is -2.41. The second kappa shape index (κ2) is 8.24. The molecule has 1 saturated heterocycles. The van der Waals surface area contributed by atoms with Gasteiger partial charge in [-0.3, -0.25) is 19.1 Å². The van der Waals surface area contributed by atoms with Gasteiger partial charge in [0.05, 0.1) is 13.1 Å². The SMILES string of the molecule is CC(=O)N1CCN(C(=O)c2ccccc2Cn2cccn2)C[C@H]1C(=O)N(C)C. The number of hydrogen-bond acceptors (Lipinski definition) is 4. The van der Waals surface area contributed by atoms with E-state index < -0.39 is 6.04 Å². The number of rotatable bonds is 4. The summed E-state index contributed by atoms with van der Waals surface area (Å²) in [6.45, 7) is 2.86. The summed E-state index contributed by atoms with van der Waals surface area (Å²) in [7, 11) is 3.31. The first-order valence-corrected chi connectivity index (χ1v) is 9.21. The van der Waals surface area contributed by atoms with Crippen LogP contribution >= 0.6 is 0 Å². The van der Waals surface area contributed by atoms with Gasteiger partial charge in [0.15, 0.2) is 0 Å². The molecule has 1 fully saturated rings. The molecule has 2 heterocycles. The standard InChI is InChI=1S/C20H25N5O3/c1-15(26)25-12-11-23(14-18(25)20(28)22(2)3)19(27)17-8-5-4-7-16(17)13-24-10-6-9-21-24/h4-10,18H,11-14H2,1-3H3/t18-/m0/s1. The van der Waals surface area contributed by atoms with Gasteiger partial charge < -0.3 is 14.7 Å². The highest BCUT2D eigenvalue weighted by molar-refractivity contribution is 5.97. The van der Waals surface area contributed by atoms with Crippen LogP contribution in [-0.4, -0.2) is 82.0 Å². The van der Waals surface area contributed by atoms with Crippen molar-refractivity contribution in [1.82, 2.24) is 24.5 Å². The molecule has 0 N–H and O–H groups in total. The van der Waals surface area contributed by atoms with Crippen molar-refractivity contribution in [2.45, 2.75) is 19.5 Å². The molecule has 148 valence electrons. The number of likely N-dealkylation sites (N-methyl/N-ethyl adjacent to an activating group) is 1. The number of carbonyl (C=O) groups is 3. The number of benzene rings is 1. The molecule has 1 aromatic heterocycles. The summed E-state index contributed by atoms with van der Waals surface area (Å²) in [6, 6.07) is 8.59.